The predicted octanol–water partition coefficient (Wildman–Crippen LogP) is -4.14. The topological polar surface area (TPSA) is 311 Å². The molecule has 0 aliphatic heterocycles. The van der Waals surface area contributed by atoms with Crippen LogP contribution in [0.25, 0.3) is 93.9 Å². The minimum atomic E-state index is -1.19. The van der Waals surface area contributed by atoms with Gasteiger partial charge in [-0.3, -0.25) is 9.13 Å². The molecular weight excluding hydrogens is 953 g/mol. The van der Waals surface area contributed by atoms with Crippen molar-refractivity contribution in [3.8, 4) is 109 Å². The molecule has 28 heteroatoms. The second-order valence-electron chi connectivity index (χ2n) is 17.5. The van der Waals surface area contributed by atoms with Gasteiger partial charge < -0.3 is 76.1 Å². The van der Waals surface area contributed by atoms with Gasteiger partial charge in [0.15, 0.2) is 40.2 Å². The van der Waals surface area contributed by atoms with E-state index in [-0.39, 0.29) is 44.0 Å². The molecule has 20 radical (unpaired) electrons. The van der Waals surface area contributed by atoms with Crippen LogP contribution in [0.4, 0.5) is 0 Å². The highest BCUT2D eigenvalue weighted by Gasteiger charge is 2.33. The van der Waals surface area contributed by atoms with Gasteiger partial charge in [-0.1, -0.05) is 40.1 Å². The number of phenolic OH excluding ortho intramolecular Hbond substituents is 14. The Morgan fingerprint density at radius 1 is 0.280 bits per heavy atom. The standard InChI is InChI=1S/C47H20B10N4O14/c48-18-14-17-33(38(66)24(54)23(53)34(17)62)61(31(14)39(67)27(57)37(18)65)11-6-7(5-10(58-11)60-29-16(35(63)42(70)22(52)21(29)51)13-20(50)41(69)47(75)45(73)32(13)60)8-3-1-2-4-9(8)59-28-12(19(49)40(68)43(71)25(28)55)15-30(59)26(56)44(72)46(74)36(15)64/h1-6,62-75H. The van der Waals surface area contributed by atoms with Crippen molar-refractivity contribution >= 4 is 199 Å². The van der Waals surface area contributed by atoms with Crippen molar-refractivity contribution in [2.75, 3.05) is 0 Å². The third-order valence-electron chi connectivity index (χ3n) is 13.7. The summed E-state index contributed by atoms with van der Waals surface area (Å²) >= 11 is 0. The van der Waals surface area contributed by atoms with Crippen LogP contribution in [0, 0.1) is 0 Å². The first-order valence-electron chi connectivity index (χ1n) is 21.5. The number of fused-ring (bicyclic) bond motifs is 9. The van der Waals surface area contributed by atoms with Gasteiger partial charge in [0.25, 0.3) is 0 Å². The Morgan fingerprint density at radius 3 is 1.24 bits per heavy atom. The van der Waals surface area contributed by atoms with E-state index in [0.717, 1.165) is 9.13 Å². The molecule has 14 N–H and O–H groups in total. The zero-order valence-electron chi connectivity index (χ0n) is 37.8. The van der Waals surface area contributed by atoms with Crippen LogP contribution < -0.4 is 54.6 Å². The molecule has 11 rings (SSSR count). The highest BCUT2D eigenvalue weighted by molar-refractivity contribution is 6.58. The van der Waals surface area contributed by atoms with Crippen molar-refractivity contribution in [3.63, 3.8) is 0 Å². The van der Waals surface area contributed by atoms with Gasteiger partial charge in [-0.2, -0.15) is 0 Å². The van der Waals surface area contributed by atoms with E-state index in [2.05, 4.69) is 0 Å². The van der Waals surface area contributed by atoms with E-state index in [1.807, 2.05) is 0 Å². The highest BCUT2D eigenvalue weighted by atomic mass is 16.3. The quantitative estimate of drug-likeness (QED) is 0.0453. The summed E-state index contributed by atoms with van der Waals surface area (Å²) in [5.41, 5.74) is -8.60. The van der Waals surface area contributed by atoms with Crippen LogP contribution in [0.5, 0.6) is 80.5 Å². The smallest absolute Gasteiger partial charge is 0.201 e. The molecule has 18 nitrogen and oxygen atoms in total. The molecule has 0 aliphatic carbocycles. The van der Waals surface area contributed by atoms with Crippen LogP contribution in [0.1, 0.15) is 0 Å². The summed E-state index contributed by atoms with van der Waals surface area (Å²) in [7, 11) is 63.8. The van der Waals surface area contributed by atoms with Crippen molar-refractivity contribution in [1.29, 1.82) is 0 Å². The molecule has 0 amide bonds. The SMILES string of the molecule is [B]c1c([B])c(O)c2c(c1O)c1c([B])c(O)c([B])c(O)c1n2-c1cc(-c2ccccc2-n2c3c([B])c(O)c(O)c([B])c3c3c(O)c(O)c(O)c([B])c32)cc(-n2c3c([B])c([B])c(O)c(O)c3c3c([B])c(O)c(O)c(O)c32)n1. The van der Waals surface area contributed by atoms with Crippen LogP contribution in [-0.2, 0) is 0 Å². The molecule has 0 unspecified atom stereocenters. The molecule has 11 aromatic rings. The molecule has 0 saturated carbocycles. The average Bonchev–Trinajstić information content (AvgIpc) is 4.10. The molecule has 0 bridgehead atoms. The Hall–Kier alpha value is -9.06. The molecule has 0 aliphatic rings. The normalized spacial score (nSPS) is 11.9. The van der Waals surface area contributed by atoms with Gasteiger partial charge in [0, 0.05) is 21.7 Å². The number of aromatic hydroxyl groups is 14. The number of hydrogen-bond donors (Lipinski definition) is 14. The number of nitrogens with zero attached hydrogens (tertiary/aromatic N) is 4. The third-order valence-corrected chi connectivity index (χ3v) is 13.7. The zero-order chi connectivity index (χ0) is 54.4. The first kappa shape index (κ1) is 48.2. The zero-order valence-corrected chi connectivity index (χ0v) is 37.8. The van der Waals surface area contributed by atoms with Crippen molar-refractivity contribution in [2.24, 2.45) is 0 Å². The van der Waals surface area contributed by atoms with Crippen LogP contribution in [0.15, 0.2) is 36.4 Å². The first-order valence-corrected chi connectivity index (χ1v) is 21.5. The second-order valence-corrected chi connectivity index (χ2v) is 17.5. The lowest BCUT2D eigenvalue weighted by Gasteiger charge is -2.20. The number of aromatic nitrogens is 4. The van der Waals surface area contributed by atoms with Gasteiger partial charge in [0.05, 0.1) is 43.9 Å². The fourth-order valence-corrected chi connectivity index (χ4v) is 10.1. The van der Waals surface area contributed by atoms with Gasteiger partial charge in [0.2, 0.25) is 5.75 Å². The van der Waals surface area contributed by atoms with Gasteiger partial charge in [0.1, 0.15) is 136 Å². The average molecular weight is 973 g/mol. The summed E-state index contributed by atoms with van der Waals surface area (Å²) in [6.07, 6.45) is 0. The minimum absolute atomic E-state index is 0.0219. The maximum atomic E-state index is 11.9. The van der Waals surface area contributed by atoms with Crippen molar-refractivity contribution in [3.05, 3.63) is 36.4 Å². The molecule has 0 fully saturated rings. The Bertz CT molecular complexity index is 4150. The summed E-state index contributed by atoms with van der Waals surface area (Å²) in [5.74, 6) is -14.7. The molecule has 4 heterocycles. The monoisotopic (exact) mass is 974 g/mol. The fourth-order valence-electron chi connectivity index (χ4n) is 10.1. The van der Waals surface area contributed by atoms with Gasteiger partial charge in [-0.15, -0.1) is 0 Å². The number of benzene rings is 7. The maximum absolute atomic E-state index is 11.9. The number of hydrogen-bond acceptors (Lipinski definition) is 15. The Balaban J connectivity index is 1.41. The molecule has 7 aromatic carbocycles. The van der Waals surface area contributed by atoms with Crippen molar-refractivity contribution in [1.82, 2.24) is 18.7 Å². The number of phenols is 14. The van der Waals surface area contributed by atoms with Crippen LogP contribution in [0.2, 0.25) is 0 Å². The summed E-state index contributed by atoms with van der Waals surface area (Å²) in [5, 5.41) is 156. The Labute approximate surface area is 432 Å². The molecule has 0 spiro atoms. The molecular formula is C47H20B10N4O14. The van der Waals surface area contributed by atoms with Gasteiger partial charge >= 0.3 is 0 Å². The number of pyridine rings is 1. The lowest BCUT2D eigenvalue weighted by Crippen LogP contribution is -2.28. The summed E-state index contributed by atoms with van der Waals surface area (Å²) < 4.78 is 3.17. The lowest BCUT2D eigenvalue weighted by atomic mass is 9.77. The largest absolute Gasteiger partial charge is 0.509 e. The van der Waals surface area contributed by atoms with E-state index in [4.69, 9.17) is 83.4 Å². The summed E-state index contributed by atoms with van der Waals surface area (Å²) in [6.45, 7) is 0. The molecule has 0 atom stereocenters. The fraction of sp³-hybridized carbons (Fsp3) is 0. The lowest BCUT2D eigenvalue weighted by molar-refractivity contribution is 0.372. The molecule has 0 saturated heterocycles. The van der Waals surface area contributed by atoms with Crippen molar-refractivity contribution in [2.45, 2.75) is 0 Å². The van der Waals surface area contributed by atoms with Crippen LogP contribution >= 0.6 is 0 Å². The number of para-hydroxylation sites is 1. The maximum Gasteiger partial charge on any atom is 0.201 e. The Morgan fingerprint density at radius 2 is 0.640 bits per heavy atom. The molecule has 4 aromatic heterocycles. The minimum Gasteiger partial charge on any atom is -0.509 e. The second kappa shape index (κ2) is 15.7. The van der Waals surface area contributed by atoms with E-state index < -0.39 is 185 Å². The van der Waals surface area contributed by atoms with Crippen LogP contribution in [-0.4, -0.2) is 169 Å². The van der Waals surface area contributed by atoms with Crippen LogP contribution in [0.3, 0.4) is 0 Å². The summed E-state index contributed by atoms with van der Waals surface area (Å²) in [6, 6.07) is 8.45. The number of rotatable bonds is 4. The summed E-state index contributed by atoms with van der Waals surface area (Å²) in [4.78, 5) is 4.87. The molecule has 75 heavy (non-hydrogen) atoms. The van der Waals surface area contributed by atoms with E-state index in [0.29, 0.717) is 0 Å². The van der Waals surface area contributed by atoms with E-state index >= 15 is 0 Å². The van der Waals surface area contributed by atoms with Crippen molar-refractivity contribution < 1.29 is 71.5 Å². The first-order chi connectivity index (χ1) is 35.3. The highest BCUT2D eigenvalue weighted by Crippen LogP contribution is 2.50. The van der Waals surface area contributed by atoms with Gasteiger partial charge in [-0.05, 0) is 56.5 Å². The van der Waals surface area contributed by atoms with E-state index in [9.17, 15) is 71.5 Å². The van der Waals surface area contributed by atoms with E-state index in [1.165, 1.54) is 41.0 Å². The van der Waals surface area contributed by atoms with Gasteiger partial charge in [-0.25, -0.2) is 4.98 Å². The Kier molecular flexibility index (Phi) is 10.1. The predicted molar refractivity (Wildman–Crippen MR) is 290 cm³/mol. The van der Waals surface area contributed by atoms with E-state index in [1.54, 1.807) is 0 Å². The third kappa shape index (κ3) is 5.84. The molecule has 342 valence electrons.